The maximum atomic E-state index is 12.2. The monoisotopic (exact) mass is 289 g/mol. The number of halogens is 3. The molecule has 0 atom stereocenters. The van der Waals surface area contributed by atoms with Crippen LogP contribution in [0, 0.1) is 10.1 Å². The molecule has 1 amide bonds. The zero-order valence-electron chi connectivity index (χ0n) is 10.1. The van der Waals surface area contributed by atoms with Gasteiger partial charge >= 0.3 is 6.18 Å². The molecule has 6 nitrogen and oxygen atoms in total. The van der Waals surface area contributed by atoms with Gasteiger partial charge in [-0.25, -0.2) is 0 Å². The summed E-state index contributed by atoms with van der Waals surface area (Å²) in [6.45, 7) is -1.36. The molecule has 0 aromatic heterocycles. The number of nitrogens with zero attached hydrogens (tertiary/aromatic N) is 1. The maximum absolute atomic E-state index is 12.2. The first-order valence-electron chi connectivity index (χ1n) is 5.68. The van der Waals surface area contributed by atoms with Crippen molar-refractivity contribution in [3.05, 3.63) is 27.8 Å². The van der Waals surface area contributed by atoms with Crippen molar-refractivity contribution in [3.8, 4) is 0 Å². The lowest BCUT2D eigenvalue weighted by Gasteiger charge is -2.18. The maximum Gasteiger partial charge on any atom is 0.405 e. The fourth-order valence-corrected chi connectivity index (χ4v) is 1.91. The van der Waals surface area contributed by atoms with Crippen molar-refractivity contribution in [1.82, 2.24) is 0 Å². The summed E-state index contributed by atoms with van der Waals surface area (Å²) >= 11 is 0. The van der Waals surface area contributed by atoms with Crippen LogP contribution in [-0.2, 0) is 11.2 Å². The second-order valence-electron chi connectivity index (χ2n) is 4.30. The molecule has 0 bridgehead atoms. The van der Waals surface area contributed by atoms with Crippen LogP contribution in [0.4, 0.5) is 30.2 Å². The van der Waals surface area contributed by atoms with Crippen LogP contribution in [0.3, 0.4) is 0 Å². The molecule has 2 rings (SSSR count). The molecule has 1 aliphatic heterocycles. The van der Waals surface area contributed by atoms with Gasteiger partial charge in [-0.3, -0.25) is 14.9 Å². The Kier molecular flexibility index (Phi) is 3.51. The Morgan fingerprint density at radius 3 is 2.65 bits per heavy atom. The van der Waals surface area contributed by atoms with Gasteiger partial charge in [-0.2, -0.15) is 13.2 Å². The van der Waals surface area contributed by atoms with E-state index >= 15 is 0 Å². The average molecular weight is 289 g/mol. The van der Waals surface area contributed by atoms with Crippen LogP contribution in [0.1, 0.15) is 12.0 Å². The summed E-state index contributed by atoms with van der Waals surface area (Å²) < 4.78 is 36.5. The number of carbonyl (C=O) groups is 1. The van der Waals surface area contributed by atoms with Crippen molar-refractivity contribution in [1.29, 1.82) is 0 Å². The number of carbonyl (C=O) groups excluding carboxylic acids is 1. The van der Waals surface area contributed by atoms with E-state index in [2.05, 4.69) is 5.32 Å². The smallest absolute Gasteiger partial charge is 0.371 e. The van der Waals surface area contributed by atoms with Gasteiger partial charge in [0, 0.05) is 12.5 Å². The molecular formula is C11H10F3N3O3. The van der Waals surface area contributed by atoms with E-state index in [0.29, 0.717) is 12.0 Å². The van der Waals surface area contributed by atoms with Gasteiger partial charge in [-0.15, -0.1) is 0 Å². The van der Waals surface area contributed by atoms with Crippen molar-refractivity contribution < 1.29 is 22.9 Å². The van der Waals surface area contributed by atoms with E-state index in [4.69, 9.17) is 0 Å². The van der Waals surface area contributed by atoms with Gasteiger partial charge < -0.3 is 10.6 Å². The van der Waals surface area contributed by atoms with Crippen molar-refractivity contribution in [2.45, 2.75) is 19.0 Å². The van der Waals surface area contributed by atoms with Crippen LogP contribution in [0.2, 0.25) is 0 Å². The van der Waals surface area contributed by atoms with Gasteiger partial charge in [0.05, 0.1) is 10.6 Å². The normalized spacial score (nSPS) is 14.4. The molecule has 1 heterocycles. The third-order valence-corrected chi connectivity index (χ3v) is 2.79. The SMILES string of the molecule is O=C1CCc2cc(NCC(F)(F)F)c([N+](=O)[O-])cc2N1. The van der Waals surface area contributed by atoms with E-state index < -0.39 is 23.3 Å². The van der Waals surface area contributed by atoms with E-state index in [1.165, 1.54) is 6.07 Å². The summed E-state index contributed by atoms with van der Waals surface area (Å²) in [6.07, 6.45) is -3.94. The quantitative estimate of drug-likeness (QED) is 0.661. The molecule has 0 unspecified atom stereocenters. The van der Waals surface area contributed by atoms with Gasteiger partial charge in [0.1, 0.15) is 12.2 Å². The van der Waals surface area contributed by atoms with E-state index in [1.54, 1.807) is 0 Å². The summed E-state index contributed by atoms with van der Waals surface area (Å²) in [6, 6.07) is 2.35. The van der Waals surface area contributed by atoms with Crippen molar-refractivity contribution in [3.63, 3.8) is 0 Å². The molecule has 0 radical (unpaired) electrons. The third-order valence-electron chi connectivity index (χ3n) is 2.79. The number of hydrogen-bond acceptors (Lipinski definition) is 4. The Morgan fingerprint density at radius 2 is 2.05 bits per heavy atom. The molecule has 0 spiro atoms. The number of benzene rings is 1. The van der Waals surface area contributed by atoms with E-state index in [1.807, 2.05) is 5.32 Å². The van der Waals surface area contributed by atoms with Crippen molar-refractivity contribution >= 4 is 23.0 Å². The van der Waals surface area contributed by atoms with Crippen LogP contribution in [0.25, 0.3) is 0 Å². The number of alkyl halides is 3. The highest BCUT2D eigenvalue weighted by molar-refractivity contribution is 5.95. The highest BCUT2D eigenvalue weighted by Gasteiger charge is 2.29. The Hall–Kier alpha value is -2.32. The van der Waals surface area contributed by atoms with Crippen LogP contribution in [0.15, 0.2) is 12.1 Å². The zero-order chi connectivity index (χ0) is 14.9. The number of amides is 1. The van der Waals surface area contributed by atoms with E-state index in [9.17, 15) is 28.1 Å². The molecule has 0 saturated carbocycles. The number of rotatable bonds is 3. The average Bonchev–Trinajstić information content (AvgIpc) is 2.34. The second-order valence-corrected chi connectivity index (χ2v) is 4.30. The number of nitro groups is 1. The minimum Gasteiger partial charge on any atom is -0.371 e. The largest absolute Gasteiger partial charge is 0.405 e. The molecule has 0 aliphatic carbocycles. The fraction of sp³-hybridized carbons (Fsp3) is 0.364. The minimum absolute atomic E-state index is 0.198. The highest BCUT2D eigenvalue weighted by atomic mass is 19.4. The molecule has 9 heteroatoms. The number of anilines is 2. The first-order valence-corrected chi connectivity index (χ1v) is 5.68. The predicted molar refractivity (Wildman–Crippen MR) is 64.6 cm³/mol. The molecule has 1 aliphatic rings. The van der Waals surface area contributed by atoms with Crippen LogP contribution in [-0.4, -0.2) is 23.6 Å². The molecular weight excluding hydrogens is 279 g/mol. The molecule has 1 aromatic carbocycles. The van der Waals surface area contributed by atoms with Gasteiger partial charge in [0.2, 0.25) is 5.91 Å². The number of fused-ring (bicyclic) bond motifs is 1. The van der Waals surface area contributed by atoms with Gasteiger partial charge in [0.25, 0.3) is 5.69 Å². The number of nitrogens with one attached hydrogen (secondary N) is 2. The Bertz CT molecular complexity index is 572. The molecule has 0 fully saturated rings. The summed E-state index contributed by atoms with van der Waals surface area (Å²) in [4.78, 5) is 21.3. The Morgan fingerprint density at radius 1 is 1.35 bits per heavy atom. The Balaban J connectivity index is 2.35. The summed E-state index contributed by atoms with van der Waals surface area (Å²) in [5, 5.41) is 15.4. The Labute approximate surface area is 111 Å². The van der Waals surface area contributed by atoms with Crippen LogP contribution >= 0.6 is 0 Å². The van der Waals surface area contributed by atoms with Gasteiger partial charge in [-0.1, -0.05) is 0 Å². The van der Waals surface area contributed by atoms with E-state index in [0.717, 1.165) is 6.07 Å². The first kappa shape index (κ1) is 14.1. The van der Waals surface area contributed by atoms with Crippen molar-refractivity contribution in [2.75, 3.05) is 17.2 Å². The summed E-state index contributed by atoms with van der Waals surface area (Å²) in [7, 11) is 0. The number of hydrogen-bond donors (Lipinski definition) is 2. The van der Waals surface area contributed by atoms with Gasteiger partial charge in [0.15, 0.2) is 0 Å². The lowest BCUT2D eigenvalue weighted by atomic mass is 10.0. The third kappa shape index (κ3) is 3.16. The van der Waals surface area contributed by atoms with Crippen molar-refractivity contribution in [2.24, 2.45) is 0 Å². The van der Waals surface area contributed by atoms with Gasteiger partial charge in [-0.05, 0) is 18.1 Å². The minimum atomic E-state index is -4.47. The highest BCUT2D eigenvalue weighted by Crippen LogP contribution is 2.34. The van der Waals surface area contributed by atoms with Crippen LogP contribution in [0.5, 0.6) is 0 Å². The topological polar surface area (TPSA) is 84.3 Å². The second kappa shape index (κ2) is 4.99. The molecule has 20 heavy (non-hydrogen) atoms. The standard InChI is InChI=1S/C11H10F3N3O3/c12-11(13,14)5-15-8-3-6-1-2-10(18)16-7(6)4-9(8)17(19)20/h3-4,15H,1-2,5H2,(H,16,18). The van der Waals surface area contributed by atoms with Crippen LogP contribution < -0.4 is 10.6 Å². The molecule has 1 aromatic rings. The van der Waals surface area contributed by atoms with E-state index in [-0.39, 0.29) is 23.7 Å². The molecule has 108 valence electrons. The number of aryl methyl sites for hydroxylation is 1. The zero-order valence-corrected chi connectivity index (χ0v) is 10.1. The summed E-state index contributed by atoms with van der Waals surface area (Å²) in [5.74, 6) is -0.275. The molecule has 0 saturated heterocycles. The lowest BCUT2D eigenvalue weighted by molar-refractivity contribution is -0.383. The molecule has 2 N–H and O–H groups in total. The number of nitro benzene ring substituents is 1. The first-order chi connectivity index (χ1) is 9.26. The lowest BCUT2D eigenvalue weighted by Crippen LogP contribution is -2.23. The predicted octanol–water partition coefficient (Wildman–Crippen LogP) is 2.45. The summed E-state index contributed by atoms with van der Waals surface area (Å²) in [5.41, 5.74) is 0.128. The fourth-order valence-electron chi connectivity index (χ4n) is 1.91.